The zero-order valence-electron chi connectivity index (χ0n) is 10.8. The van der Waals surface area contributed by atoms with Crippen molar-refractivity contribution in [2.75, 3.05) is 6.61 Å². The summed E-state index contributed by atoms with van der Waals surface area (Å²) in [6.07, 6.45) is 0.161. The molecule has 1 aromatic heterocycles. The summed E-state index contributed by atoms with van der Waals surface area (Å²) in [5.74, 6) is -1.69. The molecule has 6 nitrogen and oxygen atoms in total. The molecule has 0 spiro atoms. The van der Waals surface area contributed by atoms with Gasteiger partial charge in [0.2, 0.25) is 0 Å². The van der Waals surface area contributed by atoms with Gasteiger partial charge in [0.05, 0.1) is 6.61 Å². The molecule has 0 unspecified atom stereocenters. The van der Waals surface area contributed by atoms with Gasteiger partial charge in [-0.05, 0) is 12.5 Å². The Morgan fingerprint density at radius 2 is 1.95 bits per heavy atom. The molecular formula is C14H13NO5. The summed E-state index contributed by atoms with van der Waals surface area (Å²) in [6, 6.07) is 9.06. The van der Waals surface area contributed by atoms with Crippen LogP contribution in [0.2, 0.25) is 0 Å². The number of esters is 1. The van der Waals surface area contributed by atoms with Crippen LogP contribution in [0.15, 0.2) is 44.3 Å². The second-order valence-electron chi connectivity index (χ2n) is 4.02. The van der Waals surface area contributed by atoms with Gasteiger partial charge in [-0.2, -0.15) is 0 Å². The van der Waals surface area contributed by atoms with Gasteiger partial charge >= 0.3 is 11.7 Å². The maximum Gasteiger partial charge on any atom is 0.419 e. The van der Waals surface area contributed by atoms with Crippen LogP contribution in [-0.2, 0) is 11.2 Å². The molecule has 0 aliphatic heterocycles. The number of hydrogen-bond donors (Lipinski definition) is 1. The lowest BCUT2D eigenvalue weighted by atomic mass is 10.1. The Morgan fingerprint density at radius 3 is 2.60 bits per heavy atom. The Balaban J connectivity index is 2.48. The van der Waals surface area contributed by atoms with Gasteiger partial charge in [-0.3, -0.25) is 9.78 Å². The van der Waals surface area contributed by atoms with Crippen molar-refractivity contribution in [2.45, 2.75) is 13.3 Å². The molecule has 0 aliphatic rings. The Bertz CT molecular complexity index is 714. The molecule has 6 heteroatoms. The number of rotatable bonds is 4. The number of hydrogen-bond acceptors (Lipinski definition) is 5. The fraction of sp³-hybridized carbons (Fsp3) is 0.214. The fourth-order valence-electron chi connectivity index (χ4n) is 1.79. The van der Waals surface area contributed by atoms with Crippen molar-refractivity contribution in [1.29, 1.82) is 0 Å². The van der Waals surface area contributed by atoms with E-state index >= 15 is 0 Å². The molecule has 20 heavy (non-hydrogen) atoms. The van der Waals surface area contributed by atoms with Gasteiger partial charge in [0.25, 0.3) is 5.56 Å². The van der Waals surface area contributed by atoms with Crippen LogP contribution in [0.25, 0.3) is 0 Å². The zero-order chi connectivity index (χ0) is 14.5. The molecule has 0 saturated heterocycles. The highest BCUT2D eigenvalue weighted by Gasteiger charge is 2.20. The highest BCUT2D eigenvalue weighted by atomic mass is 16.5. The van der Waals surface area contributed by atoms with Crippen LogP contribution in [0.5, 0.6) is 0 Å². The van der Waals surface area contributed by atoms with Crippen molar-refractivity contribution in [1.82, 2.24) is 4.98 Å². The van der Waals surface area contributed by atoms with Gasteiger partial charge in [0.1, 0.15) is 5.76 Å². The van der Waals surface area contributed by atoms with Crippen LogP contribution in [0.1, 0.15) is 28.6 Å². The number of aromatic amines is 1. The van der Waals surface area contributed by atoms with E-state index in [1.54, 1.807) is 19.1 Å². The predicted molar refractivity (Wildman–Crippen MR) is 70.8 cm³/mol. The van der Waals surface area contributed by atoms with Crippen molar-refractivity contribution < 1.29 is 13.9 Å². The minimum atomic E-state index is -0.894. The van der Waals surface area contributed by atoms with Crippen molar-refractivity contribution in [3.63, 3.8) is 0 Å². The SMILES string of the molecule is CCOC(=O)c1c(Cc2ccccc2)oc(=O)[nH]c1=O. The Labute approximate surface area is 114 Å². The van der Waals surface area contributed by atoms with Crippen LogP contribution in [0.3, 0.4) is 0 Å². The lowest BCUT2D eigenvalue weighted by molar-refractivity contribution is 0.0518. The van der Waals surface area contributed by atoms with E-state index in [1.807, 2.05) is 23.2 Å². The second-order valence-corrected chi connectivity index (χ2v) is 4.02. The molecule has 1 N–H and O–H groups in total. The first-order valence-corrected chi connectivity index (χ1v) is 6.09. The number of H-pyrrole nitrogens is 1. The first-order chi connectivity index (χ1) is 9.61. The maximum absolute atomic E-state index is 11.8. The monoisotopic (exact) mass is 275 g/mol. The van der Waals surface area contributed by atoms with E-state index in [0.717, 1.165) is 5.56 Å². The van der Waals surface area contributed by atoms with E-state index in [0.29, 0.717) is 0 Å². The standard InChI is InChI=1S/C14H13NO5/c1-2-19-13(17)11-10(20-14(18)15-12(11)16)8-9-6-4-3-5-7-9/h3-7H,2,8H2,1H3,(H,15,16,18). The smallest absolute Gasteiger partial charge is 0.419 e. The van der Waals surface area contributed by atoms with Crippen LogP contribution in [0, 0.1) is 0 Å². The number of aromatic nitrogens is 1. The number of nitrogens with one attached hydrogen (secondary N) is 1. The third kappa shape index (κ3) is 3.03. The molecule has 104 valence electrons. The van der Waals surface area contributed by atoms with Gasteiger partial charge in [-0.25, -0.2) is 9.59 Å². The summed E-state index contributed by atoms with van der Waals surface area (Å²) in [6.45, 7) is 1.75. The number of carbonyl (C=O) groups excluding carboxylic acids is 1. The first kappa shape index (κ1) is 13.8. The highest BCUT2D eigenvalue weighted by molar-refractivity contribution is 5.90. The van der Waals surface area contributed by atoms with Gasteiger partial charge < -0.3 is 9.15 Å². The van der Waals surface area contributed by atoms with Crippen molar-refractivity contribution in [3.05, 3.63) is 68.1 Å². The fourth-order valence-corrected chi connectivity index (χ4v) is 1.79. The lowest BCUT2D eigenvalue weighted by Crippen LogP contribution is -2.28. The quantitative estimate of drug-likeness (QED) is 0.844. The average molecular weight is 275 g/mol. The molecule has 0 saturated carbocycles. The van der Waals surface area contributed by atoms with Crippen LogP contribution in [-0.4, -0.2) is 17.6 Å². The molecule has 0 aliphatic carbocycles. The molecule has 0 bridgehead atoms. The minimum absolute atomic E-state index is 0.00315. The molecule has 0 fully saturated rings. The van der Waals surface area contributed by atoms with Gasteiger partial charge in [-0.1, -0.05) is 30.3 Å². The average Bonchev–Trinajstić information content (AvgIpc) is 2.39. The third-order valence-electron chi connectivity index (χ3n) is 2.62. The molecule has 1 heterocycles. The third-order valence-corrected chi connectivity index (χ3v) is 2.62. The van der Waals surface area contributed by atoms with Crippen LogP contribution < -0.4 is 11.3 Å². The Hall–Kier alpha value is -2.63. The van der Waals surface area contributed by atoms with Gasteiger partial charge in [0.15, 0.2) is 5.56 Å². The van der Waals surface area contributed by atoms with E-state index in [1.165, 1.54) is 0 Å². The summed E-state index contributed by atoms with van der Waals surface area (Å²) in [5, 5.41) is 0. The molecular weight excluding hydrogens is 262 g/mol. The molecule has 0 atom stereocenters. The zero-order valence-corrected chi connectivity index (χ0v) is 10.8. The first-order valence-electron chi connectivity index (χ1n) is 6.09. The van der Waals surface area contributed by atoms with Crippen LogP contribution in [0.4, 0.5) is 0 Å². The molecule has 0 amide bonds. The van der Waals surface area contributed by atoms with E-state index < -0.39 is 17.3 Å². The molecule has 2 rings (SSSR count). The van der Waals surface area contributed by atoms with Gasteiger partial charge in [0, 0.05) is 6.42 Å². The summed E-state index contributed by atoms with van der Waals surface area (Å²) in [5.41, 5.74) is -0.257. The van der Waals surface area contributed by atoms with Crippen LogP contribution >= 0.6 is 0 Å². The van der Waals surface area contributed by atoms with Gasteiger partial charge in [-0.15, -0.1) is 0 Å². The topological polar surface area (TPSA) is 89.4 Å². The van der Waals surface area contributed by atoms with E-state index in [9.17, 15) is 14.4 Å². The van der Waals surface area contributed by atoms with Crippen molar-refractivity contribution in [2.24, 2.45) is 0 Å². The number of benzene rings is 1. The van der Waals surface area contributed by atoms with E-state index in [-0.39, 0.29) is 24.4 Å². The Morgan fingerprint density at radius 1 is 1.25 bits per heavy atom. The summed E-state index contributed by atoms with van der Waals surface area (Å²) < 4.78 is 9.75. The molecule has 1 aromatic carbocycles. The van der Waals surface area contributed by atoms with E-state index in [4.69, 9.17) is 9.15 Å². The summed E-state index contributed by atoms with van der Waals surface area (Å²) >= 11 is 0. The predicted octanol–water partition coefficient (Wildman–Crippen LogP) is 1.10. The number of ether oxygens (including phenoxy) is 1. The Kier molecular flexibility index (Phi) is 4.14. The normalized spacial score (nSPS) is 10.2. The summed E-state index contributed by atoms with van der Waals surface area (Å²) in [7, 11) is 0. The molecule has 2 aromatic rings. The highest BCUT2D eigenvalue weighted by Crippen LogP contribution is 2.11. The minimum Gasteiger partial charge on any atom is -0.462 e. The lowest BCUT2D eigenvalue weighted by Gasteiger charge is -2.06. The molecule has 0 radical (unpaired) electrons. The van der Waals surface area contributed by atoms with Crippen molar-refractivity contribution in [3.8, 4) is 0 Å². The maximum atomic E-state index is 11.8. The summed E-state index contributed by atoms with van der Waals surface area (Å²) in [4.78, 5) is 36.7. The van der Waals surface area contributed by atoms with E-state index in [2.05, 4.69) is 0 Å². The number of carbonyl (C=O) groups is 1. The second kappa shape index (κ2) is 6.01. The largest absolute Gasteiger partial charge is 0.462 e. The van der Waals surface area contributed by atoms with Crippen molar-refractivity contribution >= 4 is 5.97 Å².